The summed E-state index contributed by atoms with van der Waals surface area (Å²) in [5.41, 5.74) is -0.0286. The number of unbranched alkanes of at least 4 members (excludes halogenated alkanes) is 1. The zero-order chi connectivity index (χ0) is 12.7. The Labute approximate surface area is 99.5 Å². The number of benzene rings is 1. The fourth-order valence-electron chi connectivity index (χ4n) is 1.39. The third-order valence-corrected chi connectivity index (χ3v) is 2.24. The minimum Gasteiger partial charge on any atom is -0.487 e. The first-order valence-electron chi connectivity index (χ1n) is 5.47. The average Bonchev–Trinajstić information content (AvgIpc) is 2.28. The van der Waals surface area contributed by atoms with Crippen LogP contribution in [0.1, 0.15) is 26.2 Å². The van der Waals surface area contributed by atoms with Crippen molar-refractivity contribution < 1.29 is 14.5 Å². The first-order valence-corrected chi connectivity index (χ1v) is 5.47. The number of nitro groups is 1. The largest absolute Gasteiger partial charge is 0.487 e. The van der Waals surface area contributed by atoms with Crippen LogP contribution >= 0.6 is 0 Å². The second-order valence-electron chi connectivity index (χ2n) is 3.73. The molecule has 0 bridgehead atoms. The number of ether oxygens (including phenoxy) is 1. The number of hydrogen-bond acceptors (Lipinski definition) is 4. The molecule has 0 aliphatic heterocycles. The van der Waals surface area contributed by atoms with Crippen LogP contribution in [0.5, 0.6) is 5.75 Å². The predicted molar refractivity (Wildman–Crippen MR) is 63.1 cm³/mol. The Kier molecular flexibility index (Phi) is 5.13. The normalized spacial score (nSPS) is 9.94. The lowest BCUT2D eigenvalue weighted by atomic mass is 10.2. The summed E-state index contributed by atoms with van der Waals surface area (Å²) in [6.45, 7) is 1.93. The van der Waals surface area contributed by atoms with Crippen LogP contribution in [-0.4, -0.2) is 17.3 Å². The van der Waals surface area contributed by atoms with Crippen LogP contribution in [0.3, 0.4) is 0 Å². The van der Waals surface area contributed by atoms with Crippen molar-refractivity contribution in [2.24, 2.45) is 0 Å². The van der Waals surface area contributed by atoms with Crippen molar-refractivity contribution in [3.05, 3.63) is 34.4 Å². The zero-order valence-corrected chi connectivity index (χ0v) is 9.72. The Morgan fingerprint density at radius 2 is 2.06 bits per heavy atom. The van der Waals surface area contributed by atoms with E-state index in [1.807, 2.05) is 0 Å². The molecule has 17 heavy (non-hydrogen) atoms. The van der Waals surface area contributed by atoms with Gasteiger partial charge in [-0.1, -0.05) is 12.1 Å². The smallest absolute Gasteiger partial charge is 0.310 e. The van der Waals surface area contributed by atoms with E-state index in [-0.39, 0.29) is 17.2 Å². The van der Waals surface area contributed by atoms with Gasteiger partial charge < -0.3 is 9.53 Å². The van der Waals surface area contributed by atoms with Gasteiger partial charge in [0.1, 0.15) is 5.78 Å². The van der Waals surface area contributed by atoms with Gasteiger partial charge in [0.15, 0.2) is 5.75 Å². The molecule has 0 atom stereocenters. The van der Waals surface area contributed by atoms with Crippen molar-refractivity contribution in [3.8, 4) is 5.75 Å². The molecule has 5 heteroatoms. The van der Waals surface area contributed by atoms with Gasteiger partial charge in [-0.3, -0.25) is 10.1 Å². The number of nitro benzene ring substituents is 1. The minimum absolute atomic E-state index is 0.0286. The van der Waals surface area contributed by atoms with Crippen LogP contribution in [0.15, 0.2) is 24.3 Å². The molecule has 0 saturated carbocycles. The summed E-state index contributed by atoms with van der Waals surface area (Å²) in [6.07, 6.45) is 1.99. The third kappa shape index (κ3) is 4.63. The van der Waals surface area contributed by atoms with Gasteiger partial charge in [-0.05, 0) is 25.8 Å². The standard InChI is InChI=1S/C12H15NO4/c1-10(14)6-4-5-9-17-12-8-3-2-7-11(12)13(15)16/h2-3,7-8H,4-6,9H2,1H3. The van der Waals surface area contributed by atoms with Crippen molar-refractivity contribution in [2.75, 3.05) is 6.61 Å². The molecule has 1 aromatic rings. The molecule has 1 rings (SSSR count). The SMILES string of the molecule is CC(=O)CCCCOc1ccccc1[N+](=O)[O-]. The van der Waals surface area contributed by atoms with Gasteiger partial charge in [0, 0.05) is 12.5 Å². The van der Waals surface area contributed by atoms with Crippen LogP contribution in [0.4, 0.5) is 5.69 Å². The van der Waals surface area contributed by atoms with E-state index < -0.39 is 4.92 Å². The first kappa shape index (κ1) is 13.2. The average molecular weight is 237 g/mol. The van der Waals surface area contributed by atoms with E-state index in [1.165, 1.54) is 6.07 Å². The minimum atomic E-state index is -0.467. The summed E-state index contributed by atoms with van der Waals surface area (Å²) in [7, 11) is 0. The van der Waals surface area contributed by atoms with Crippen molar-refractivity contribution in [2.45, 2.75) is 26.2 Å². The van der Waals surface area contributed by atoms with Crippen molar-refractivity contribution in [1.29, 1.82) is 0 Å². The second-order valence-corrected chi connectivity index (χ2v) is 3.73. The van der Waals surface area contributed by atoms with Crippen LogP contribution in [0.2, 0.25) is 0 Å². The molecule has 0 unspecified atom stereocenters. The molecule has 0 aliphatic rings. The van der Waals surface area contributed by atoms with E-state index in [4.69, 9.17) is 4.74 Å². The molecule has 92 valence electrons. The number of nitrogens with zero attached hydrogens (tertiary/aromatic N) is 1. The first-order chi connectivity index (χ1) is 8.11. The number of carbonyl (C=O) groups is 1. The maximum Gasteiger partial charge on any atom is 0.310 e. The molecule has 1 aromatic carbocycles. The monoisotopic (exact) mass is 237 g/mol. The molecular formula is C12H15NO4. The fraction of sp³-hybridized carbons (Fsp3) is 0.417. The maximum absolute atomic E-state index is 10.7. The van der Waals surface area contributed by atoms with Crippen molar-refractivity contribution >= 4 is 11.5 Å². The lowest BCUT2D eigenvalue weighted by Gasteiger charge is -2.05. The summed E-state index contributed by atoms with van der Waals surface area (Å²) < 4.78 is 5.33. The van der Waals surface area contributed by atoms with E-state index in [9.17, 15) is 14.9 Å². The van der Waals surface area contributed by atoms with Gasteiger partial charge in [-0.2, -0.15) is 0 Å². The lowest BCUT2D eigenvalue weighted by Crippen LogP contribution is -2.01. The molecule has 0 amide bonds. The highest BCUT2D eigenvalue weighted by molar-refractivity contribution is 5.75. The molecule has 0 saturated heterocycles. The number of hydrogen-bond donors (Lipinski definition) is 0. The van der Waals surface area contributed by atoms with Gasteiger partial charge in [0.2, 0.25) is 0 Å². The van der Waals surface area contributed by atoms with Gasteiger partial charge >= 0.3 is 5.69 Å². The van der Waals surface area contributed by atoms with E-state index in [1.54, 1.807) is 25.1 Å². The number of carbonyl (C=O) groups excluding carboxylic acids is 1. The molecular weight excluding hydrogens is 222 g/mol. The van der Waals surface area contributed by atoms with Gasteiger partial charge in [0.25, 0.3) is 0 Å². The quantitative estimate of drug-likeness (QED) is 0.415. The summed E-state index contributed by atoms with van der Waals surface area (Å²) in [5, 5.41) is 10.7. The van der Waals surface area contributed by atoms with Crippen LogP contribution < -0.4 is 4.74 Å². The Balaban J connectivity index is 2.41. The van der Waals surface area contributed by atoms with Crippen molar-refractivity contribution in [3.63, 3.8) is 0 Å². The van der Waals surface area contributed by atoms with Crippen LogP contribution in [0, 0.1) is 10.1 Å². The number of para-hydroxylation sites is 2. The topological polar surface area (TPSA) is 69.4 Å². The maximum atomic E-state index is 10.7. The van der Waals surface area contributed by atoms with E-state index in [0.717, 1.165) is 6.42 Å². The fourth-order valence-corrected chi connectivity index (χ4v) is 1.39. The molecule has 0 fully saturated rings. The van der Waals surface area contributed by atoms with Crippen LogP contribution in [-0.2, 0) is 4.79 Å². The summed E-state index contributed by atoms with van der Waals surface area (Å²) in [4.78, 5) is 20.9. The van der Waals surface area contributed by atoms with Gasteiger partial charge in [0.05, 0.1) is 11.5 Å². The lowest BCUT2D eigenvalue weighted by molar-refractivity contribution is -0.385. The highest BCUT2D eigenvalue weighted by Gasteiger charge is 2.12. The van der Waals surface area contributed by atoms with E-state index >= 15 is 0 Å². The highest BCUT2D eigenvalue weighted by Crippen LogP contribution is 2.25. The van der Waals surface area contributed by atoms with E-state index in [0.29, 0.717) is 19.4 Å². The Morgan fingerprint density at radius 1 is 1.35 bits per heavy atom. The highest BCUT2D eigenvalue weighted by atomic mass is 16.6. The van der Waals surface area contributed by atoms with Crippen molar-refractivity contribution in [1.82, 2.24) is 0 Å². The molecule has 0 radical (unpaired) electrons. The molecule has 0 aliphatic carbocycles. The summed E-state index contributed by atoms with van der Waals surface area (Å²) in [5.74, 6) is 0.427. The Bertz CT molecular complexity index is 403. The second kappa shape index (κ2) is 6.62. The number of ketones is 1. The summed E-state index contributed by atoms with van der Waals surface area (Å²) in [6, 6.07) is 6.27. The molecule has 0 aromatic heterocycles. The third-order valence-electron chi connectivity index (χ3n) is 2.24. The van der Waals surface area contributed by atoms with Crippen LogP contribution in [0.25, 0.3) is 0 Å². The molecule has 5 nitrogen and oxygen atoms in total. The number of Topliss-reactive ketones (excluding diaryl/α,β-unsaturated/α-hetero) is 1. The zero-order valence-electron chi connectivity index (χ0n) is 9.72. The summed E-state index contributed by atoms with van der Waals surface area (Å²) >= 11 is 0. The van der Waals surface area contributed by atoms with Gasteiger partial charge in [-0.25, -0.2) is 0 Å². The molecule has 0 heterocycles. The Hall–Kier alpha value is -1.91. The molecule has 0 N–H and O–H groups in total. The Morgan fingerprint density at radius 3 is 2.71 bits per heavy atom. The molecule has 0 spiro atoms. The predicted octanol–water partition coefficient (Wildman–Crippen LogP) is 2.73. The number of rotatable bonds is 7. The van der Waals surface area contributed by atoms with Gasteiger partial charge in [-0.15, -0.1) is 0 Å². The van der Waals surface area contributed by atoms with E-state index in [2.05, 4.69) is 0 Å².